The highest BCUT2D eigenvalue weighted by Crippen LogP contribution is 2.35. The van der Waals surface area contributed by atoms with Crippen molar-refractivity contribution < 1.29 is 13.2 Å². The average molecular weight is 269 g/mol. The Labute approximate surface area is 111 Å². The van der Waals surface area contributed by atoms with Crippen LogP contribution in [0, 0.1) is 5.92 Å². The zero-order valence-corrected chi connectivity index (χ0v) is 10.8. The second-order valence-electron chi connectivity index (χ2n) is 5.69. The molecule has 0 saturated carbocycles. The molecule has 1 aliphatic heterocycles. The summed E-state index contributed by atoms with van der Waals surface area (Å²) < 4.78 is 38.0. The summed E-state index contributed by atoms with van der Waals surface area (Å²) in [5.41, 5.74) is 1.49. The van der Waals surface area contributed by atoms with Crippen LogP contribution in [0.4, 0.5) is 13.2 Å². The van der Waals surface area contributed by atoms with Crippen LogP contribution in [-0.4, -0.2) is 12.6 Å². The number of benzene rings is 1. The number of alkyl halides is 3. The summed E-state index contributed by atoms with van der Waals surface area (Å²) in [7, 11) is 0. The maximum atomic E-state index is 12.7. The van der Waals surface area contributed by atoms with E-state index >= 15 is 0 Å². The van der Waals surface area contributed by atoms with Gasteiger partial charge in [0.1, 0.15) is 0 Å². The Kier molecular flexibility index (Phi) is 3.29. The van der Waals surface area contributed by atoms with Crippen LogP contribution in [0.15, 0.2) is 18.2 Å². The van der Waals surface area contributed by atoms with Crippen LogP contribution in [0.2, 0.25) is 0 Å². The molecule has 0 aromatic heterocycles. The Bertz CT molecular complexity index is 461. The molecule has 1 heterocycles. The maximum Gasteiger partial charge on any atom is 0.416 e. The fraction of sp³-hybridized carbons (Fsp3) is 0.600. The van der Waals surface area contributed by atoms with Gasteiger partial charge in [-0.2, -0.15) is 13.2 Å². The predicted octanol–water partition coefficient (Wildman–Crippen LogP) is 3.56. The summed E-state index contributed by atoms with van der Waals surface area (Å²) in [5.74, 6) is 0.590. The van der Waals surface area contributed by atoms with Crippen LogP contribution in [0.3, 0.4) is 0 Å². The molecule has 0 amide bonds. The molecule has 2 unspecified atom stereocenters. The fourth-order valence-electron chi connectivity index (χ4n) is 3.42. The highest BCUT2D eigenvalue weighted by Gasteiger charge is 2.33. The van der Waals surface area contributed by atoms with Crippen molar-refractivity contribution in [2.45, 2.75) is 44.3 Å². The number of aryl methyl sites for hydroxylation is 1. The van der Waals surface area contributed by atoms with Gasteiger partial charge in [-0.3, -0.25) is 0 Å². The third-order valence-electron chi connectivity index (χ3n) is 4.47. The molecule has 1 N–H and O–H groups in total. The molecule has 1 fully saturated rings. The minimum absolute atomic E-state index is 0.510. The Morgan fingerprint density at radius 2 is 1.95 bits per heavy atom. The number of halogens is 3. The van der Waals surface area contributed by atoms with Gasteiger partial charge in [-0.1, -0.05) is 6.07 Å². The molecular formula is C15H18F3N. The van der Waals surface area contributed by atoms with E-state index in [9.17, 15) is 13.2 Å². The van der Waals surface area contributed by atoms with E-state index in [1.807, 2.05) is 0 Å². The van der Waals surface area contributed by atoms with E-state index in [1.54, 1.807) is 6.07 Å². The minimum Gasteiger partial charge on any atom is -0.314 e. The first kappa shape index (κ1) is 13.0. The van der Waals surface area contributed by atoms with Crippen molar-refractivity contribution in [2.24, 2.45) is 5.92 Å². The largest absolute Gasteiger partial charge is 0.416 e. The summed E-state index contributed by atoms with van der Waals surface area (Å²) in [4.78, 5) is 0. The fourth-order valence-corrected chi connectivity index (χ4v) is 3.42. The standard InChI is InChI=1S/C15H18F3N/c16-15(17,18)13-6-5-10-8-12(4-3-11(10)9-13)14-2-1-7-19-14/h5-6,9,12,14,19H,1-4,7-8H2. The van der Waals surface area contributed by atoms with Crippen LogP contribution in [-0.2, 0) is 19.0 Å². The molecule has 0 spiro atoms. The van der Waals surface area contributed by atoms with E-state index in [2.05, 4.69) is 5.32 Å². The van der Waals surface area contributed by atoms with Crippen molar-refractivity contribution in [3.05, 3.63) is 34.9 Å². The SMILES string of the molecule is FC(F)(F)c1ccc2c(c1)CCC(C1CCCN1)C2. The Hall–Kier alpha value is -1.03. The van der Waals surface area contributed by atoms with Crippen molar-refractivity contribution >= 4 is 0 Å². The third-order valence-corrected chi connectivity index (χ3v) is 4.47. The van der Waals surface area contributed by atoms with Gasteiger partial charge in [-0.05, 0) is 67.8 Å². The second kappa shape index (κ2) is 4.82. The number of rotatable bonds is 1. The zero-order valence-electron chi connectivity index (χ0n) is 10.8. The normalized spacial score (nSPS) is 27.3. The van der Waals surface area contributed by atoms with E-state index in [0.29, 0.717) is 12.0 Å². The lowest BCUT2D eigenvalue weighted by Gasteiger charge is -2.29. The molecule has 0 bridgehead atoms. The molecule has 1 nitrogen and oxygen atoms in total. The lowest BCUT2D eigenvalue weighted by atomic mass is 9.79. The van der Waals surface area contributed by atoms with Crippen molar-refractivity contribution in [3.8, 4) is 0 Å². The molecule has 2 atom stereocenters. The van der Waals surface area contributed by atoms with Gasteiger partial charge in [-0.25, -0.2) is 0 Å². The smallest absolute Gasteiger partial charge is 0.314 e. The third kappa shape index (κ3) is 2.64. The highest BCUT2D eigenvalue weighted by molar-refractivity contribution is 5.35. The molecule has 2 aliphatic rings. The number of nitrogens with one attached hydrogen (secondary N) is 1. The molecule has 1 saturated heterocycles. The Morgan fingerprint density at radius 1 is 1.11 bits per heavy atom. The van der Waals surface area contributed by atoms with Crippen LogP contribution in [0.25, 0.3) is 0 Å². The Balaban J connectivity index is 1.79. The van der Waals surface area contributed by atoms with Gasteiger partial charge >= 0.3 is 6.18 Å². The van der Waals surface area contributed by atoms with Gasteiger partial charge < -0.3 is 5.32 Å². The maximum absolute atomic E-state index is 12.7. The van der Waals surface area contributed by atoms with Crippen LogP contribution in [0.1, 0.15) is 36.0 Å². The van der Waals surface area contributed by atoms with Gasteiger partial charge in [0, 0.05) is 6.04 Å². The van der Waals surface area contributed by atoms with Crippen molar-refractivity contribution in [1.82, 2.24) is 5.32 Å². The van der Waals surface area contributed by atoms with Gasteiger partial charge in [0.25, 0.3) is 0 Å². The molecule has 104 valence electrons. The van der Waals surface area contributed by atoms with E-state index in [1.165, 1.54) is 25.0 Å². The van der Waals surface area contributed by atoms with Crippen LogP contribution in [0.5, 0.6) is 0 Å². The van der Waals surface area contributed by atoms with E-state index < -0.39 is 11.7 Å². The van der Waals surface area contributed by atoms with Gasteiger partial charge in [-0.15, -0.1) is 0 Å². The van der Waals surface area contributed by atoms with E-state index in [0.717, 1.165) is 36.9 Å². The molecule has 19 heavy (non-hydrogen) atoms. The first-order valence-electron chi connectivity index (χ1n) is 6.96. The van der Waals surface area contributed by atoms with E-state index in [4.69, 9.17) is 0 Å². The van der Waals surface area contributed by atoms with Crippen LogP contribution < -0.4 is 5.32 Å². The molecule has 0 radical (unpaired) electrons. The topological polar surface area (TPSA) is 12.0 Å². The van der Waals surface area contributed by atoms with E-state index in [-0.39, 0.29) is 0 Å². The number of hydrogen-bond acceptors (Lipinski definition) is 1. The molecule has 1 aromatic carbocycles. The number of fused-ring (bicyclic) bond motifs is 1. The summed E-state index contributed by atoms with van der Waals surface area (Å²) in [6, 6.07) is 4.81. The van der Waals surface area contributed by atoms with Crippen molar-refractivity contribution in [2.75, 3.05) is 6.54 Å². The van der Waals surface area contributed by atoms with Crippen molar-refractivity contribution in [1.29, 1.82) is 0 Å². The summed E-state index contributed by atoms with van der Waals surface area (Å²) >= 11 is 0. The lowest BCUT2D eigenvalue weighted by molar-refractivity contribution is -0.137. The summed E-state index contributed by atoms with van der Waals surface area (Å²) in [6.07, 6.45) is 0.916. The first-order valence-corrected chi connectivity index (χ1v) is 6.96. The average Bonchev–Trinajstić information content (AvgIpc) is 2.90. The molecule has 1 aromatic rings. The molecule has 4 heteroatoms. The van der Waals surface area contributed by atoms with Gasteiger partial charge in [0.2, 0.25) is 0 Å². The summed E-state index contributed by atoms with van der Waals surface area (Å²) in [6.45, 7) is 1.08. The first-order chi connectivity index (χ1) is 9.04. The highest BCUT2D eigenvalue weighted by atomic mass is 19.4. The monoisotopic (exact) mass is 269 g/mol. The minimum atomic E-state index is -4.22. The quantitative estimate of drug-likeness (QED) is 0.822. The Morgan fingerprint density at radius 3 is 2.63 bits per heavy atom. The van der Waals surface area contributed by atoms with Gasteiger partial charge in [0.15, 0.2) is 0 Å². The predicted molar refractivity (Wildman–Crippen MR) is 68.0 cm³/mol. The lowest BCUT2D eigenvalue weighted by Crippen LogP contribution is -2.34. The van der Waals surface area contributed by atoms with Gasteiger partial charge in [0.05, 0.1) is 5.56 Å². The molecule has 1 aliphatic carbocycles. The molecular weight excluding hydrogens is 251 g/mol. The zero-order chi connectivity index (χ0) is 13.5. The van der Waals surface area contributed by atoms with Crippen molar-refractivity contribution in [3.63, 3.8) is 0 Å². The van der Waals surface area contributed by atoms with Crippen LogP contribution >= 0.6 is 0 Å². The summed E-state index contributed by atoms with van der Waals surface area (Å²) in [5, 5.41) is 3.51. The second-order valence-corrected chi connectivity index (χ2v) is 5.69. The molecule has 3 rings (SSSR count). The number of hydrogen-bond donors (Lipinski definition) is 1.